The van der Waals surface area contributed by atoms with Crippen LogP contribution in [-0.4, -0.2) is 36.7 Å². The molecule has 0 bridgehead atoms. The first-order valence-corrected chi connectivity index (χ1v) is 7.22. The van der Waals surface area contributed by atoms with Crippen LogP contribution in [0.15, 0.2) is 5.38 Å². The number of rotatable bonds is 5. The highest BCUT2D eigenvalue weighted by Gasteiger charge is 2.16. The molecule has 1 amide bonds. The summed E-state index contributed by atoms with van der Waals surface area (Å²) in [4.78, 5) is 16.1. The van der Waals surface area contributed by atoms with Gasteiger partial charge in [0.1, 0.15) is 5.69 Å². The van der Waals surface area contributed by atoms with Gasteiger partial charge in [0.25, 0.3) is 5.91 Å². The van der Waals surface area contributed by atoms with E-state index in [1.807, 2.05) is 0 Å². The Morgan fingerprint density at radius 2 is 2.42 bits per heavy atom. The Bertz CT molecular complexity index is 394. The highest BCUT2D eigenvalue weighted by atomic mass is 35.5. The predicted molar refractivity (Wildman–Crippen MR) is 78.0 cm³/mol. The van der Waals surface area contributed by atoms with Crippen LogP contribution in [0, 0.1) is 0 Å². The fourth-order valence-corrected chi connectivity index (χ4v) is 2.71. The van der Waals surface area contributed by atoms with Crippen molar-refractivity contribution < 1.29 is 9.53 Å². The van der Waals surface area contributed by atoms with Crippen LogP contribution in [0.25, 0.3) is 0 Å². The molecule has 1 fully saturated rings. The number of nitrogens with zero attached hydrogens (tertiary/aromatic N) is 1. The summed E-state index contributed by atoms with van der Waals surface area (Å²) in [6.07, 6.45) is 4.21. The standard InChI is InChI=1S/C12H19N3O2S.ClH/c13-5-4-11-15-10(8-18-11)12(16)14-7-9-3-1-2-6-17-9;/h8-9H,1-7,13H2,(H,14,16);1H. The number of thiazole rings is 1. The molecule has 1 aromatic heterocycles. The smallest absolute Gasteiger partial charge is 0.270 e. The van der Waals surface area contributed by atoms with Crippen LogP contribution >= 0.6 is 23.7 Å². The quantitative estimate of drug-likeness (QED) is 0.861. The highest BCUT2D eigenvalue weighted by Crippen LogP contribution is 2.13. The number of nitrogens with two attached hydrogens (primary N) is 1. The Labute approximate surface area is 123 Å². The van der Waals surface area contributed by atoms with E-state index in [1.54, 1.807) is 5.38 Å². The molecule has 7 heteroatoms. The number of nitrogens with one attached hydrogen (secondary N) is 1. The van der Waals surface area contributed by atoms with E-state index in [0.29, 0.717) is 18.8 Å². The van der Waals surface area contributed by atoms with Gasteiger partial charge in [0, 0.05) is 25.0 Å². The third kappa shape index (κ3) is 5.06. The largest absolute Gasteiger partial charge is 0.376 e. The van der Waals surface area contributed by atoms with Crippen molar-refractivity contribution in [3.8, 4) is 0 Å². The Balaban J connectivity index is 0.00000180. The summed E-state index contributed by atoms with van der Waals surface area (Å²) < 4.78 is 5.56. The second-order valence-electron chi connectivity index (χ2n) is 4.36. The molecule has 19 heavy (non-hydrogen) atoms. The van der Waals surface area contributed by atoms with Crippen LogP contribution in [0.4, 0.5) is 0 Å². The number of ether oxygens (including phenoxy) is 1. The molecule has 1 aromatic rings. The molecule has 5 nitrogen and oxygen atoms in total. The SMILES string of the molecule is Cl.NCCc1nc(C(=O)NCC2CCCCO2)cs1. The van der Waals surface area contributed by atoms with Crippen molar-refractivity contribution in [2.45, 2.75) is 31.8 Å². The lowest BCUT2D eigenvalue weighted by Crippen LogP contribution is -2.35. The van der Waals surface area contributed by atoms with Crippen molar-refractivity contribution in [2.75, 3.05) is 19.7 Å². The maximum Gasteiger partial charge on any atom is 0.270 e. The molecule has 108 valence electrons. The fraction of sp³-hybridized carbons (Fsp3) is 0.667. The number of aromatic nitrogens is 1. The molecule has 0 radical (unpaired) electrons. The number of hydrogen-bond donors (Lipinski definition) is 2. The van der Waals surface area contributed by atoms with Crippen LogP contribution in [0.2, 0.25) is 0 Å². The number of hydrogen-bond acceptors (Lipinski definition) is 5. The molecule has 3 N–H and O–H groups in total. The highest BCUT2D eigenvalue weighted by molar-refractivity contribution is 7.09. The minimum absolute atomic E-state index is 0. The van der Waals surface area contributed by atoms with Crippen LogP contribution in [0.1, 0.15) is 34.8 Å². The third-order valence-corrected chi connectivity index (χ3v) is 3.82. The molecule has 1 unspecified atom stereocenters. The van der Waals surface area contributed by atoms with E-state index in [2.05, 4.69) is 10.3 Å². The molecule has 1 saturated heterocycles. The van der Waals surface area contributed by atoms with Crippen molar-refractivity contribution in [2.24, 2.45) is 5.73 Å². The van der Waals surface area contributed by atoms with E-state index in [0.717, 1.165) is 30.9 Å². The lowest BCUT2D eigenvalue weighted by Gasteiger charge is -2.22. The van der Waals surface area contributed by atoms with Crippen LogP contribution in [0.3, 0.4) is 0 Å². The fourth-order valence-electron chi connectivity index (χ4n) is 1.92. The zero-order chi connectivity index (χ0) is 12.8. The van der Waals surface area contributed by atoms with Gasteiger partial charge in [-0.25, -0.2) is 4.98 Å². The molecule has 2 heterocycles. The summed E-state index contributed by atoms with van der Waals surface area (Å²) in [5, 5.41) is 5.57. The molecule has 0 aliphatic carbocycles. The average molecular weight is 306 g/mol. The molecule has 0 saturated carbocycles. The summed E-state index contributed by atoms with van der Waals surface area (Å²) in [5.74, 6) is -0.122. The van der Waals surface area contributed by atoms with Crippen molar-refractivity contribution in [1.82, 2.24) is 10.3 Å². The van der Waals surface area contributed by atoms with Crippen molar-refractivity contribution in [1.29, 1.82) is 0 Å². The molecule has 1 aliphatic rings. The zero-order valence-corrected chi connectivity index (χ0v) is 12.4. The van der Waals surface area contributed by atoms with Crippen LogP contribution < -0.4 is 11.1 Å². The first kappa shape index (κ1) is 16.4. The second-order valence-corrected chi connectivity index (χ2v) is 5.31. The summed E-state index contributed by atoms with van der Waals surface area (Å²) in [5.41, 5.74) is 5.94. The number of amides is 1. The molecule has 2 rings (SSSR count). The van der Waals surface area contributed by atoms with Gasteiger partial charge in [-0.3, -0.25) is 4.79 Å². The molecular weight excluding hydrogens is 286 g/mol. The molecule has 1 atom stereocenters. The Morgan fingerprint density at radius 3 is 3.11 bits per heavy atom. The normalized spacial score (nSPS) is 18.7. The number of carbonyl (C=O) groups excluding carboxylic acids is 1. The van der Waals surface area contributed by atoms with Gasteiger partial charge in [0.15, 0.2) is 0 Å². The van der Waals surface area contributed by atoms with E-state index in [-0.39, 0.29) is 24.4 Å². The van der Waals surface area contributed by atoms with Crippen molar-refractivity contribution >= 4 is 29.7 Å². The Morgan fingerprint density at radius 1 is 1.58 bits per heavy atom. The second kappa shape index (κ2) is 8.47. The minimum atomic E-state index is -0.122. The first-order valence-electron chi connectivity index (χ1n) is 6.34. The summed E-state index contributed by atoms with van der Waals surface area (Å²) in [6, 6.07) is 0. The number of halogens is 1. The monoisotopic (exact) mass is 305 g/mol. The van der Waals surface area contributed by atoms with Gasteiger partial charge in [-0.15, -0.1) is 23.7 Å². The van der Waals surface area contributed by atoms with E-state index in [1.165, 1.54) is 17.8 Å². The lowest BCUT2D eigenvalue weighted by molar-refractivity contribution is 0.0168. The van der Waals surface area contributed by atoms with Gasteiger partial charge in [-0.1, -0.05) is 0 Å². The topological polar surface area (TPSA) is 77.2 Å². The Kier molecular flexibility index (Phi) is 7.30. The molecule has 1 aliphatic heterocycles. The van der Waals surface area contributed by atoms with E-state index >= 15 is 0 Å². The van der Waals surface area contributed by atoms with E-state index in [9.17, 15) is 4.79 Å². The van der Waals surface area contributed by atoms with E-state index in [4.69, 9.17) is 10.5 Å². The van der Waals surface area contributed by atoms with Gasteiger partial charge in [0.05, 0.1) is 11.1 Å². The summed E-state index contributed by atoms with van der Waals surface area (Å²) in [6.45, 7) is 1.94. The van der Waals surface area contributed by atoms with Gasteiger partial charge in [-0.2, -0.15) is 0 Å². The maximum atomic E-state index is 11.9. The molecular formula is C12H20ClN3O2S. The van der Waals surface area contributed by atoms with Gasteiger partial charge in [0.2, 0.25) is 0 Å². The van der Waals surface area contributed by atoms with Crippen molar-refractivity contribution in [3.63, 3.8) is 0 Å². The summed E-state index contributed by atoms with van der Waals surface area (Å²) in [7, 11) is 0. The van der Waals surface area contributed by atoms with Gasteiger partial charge in [-0.05, 0) is 25.8 Å². The Hall–Kier alpha value is -0.690. The van der Waals surface area contributed by atoms with Gasteiger partial charge < -0.3 is 15.8 Å². The predicted octanol–water partition coefficient (Wildman–Crippen LogP) is 1.36. The van der Waals surface area contributed by atoms with E-state index < -0.39 is 0 Å². The first-order chi connectivity index (χ1) is 8.79. The lowest BCUT2D eigenvalue weighted by atomic mass is 10.1. The zero-order valence-electron chi connectivity index (χ0n) is 10.8. The average Bonchev–Trinajstić information content (AvgIpc) is 2.86. The minimum Gasteiger partial charge on any atom is -0.376 e. The third-order valence-electron chi connectivity index (χ3n) is 2.91. The van der Waals surface area contributed by atoms with Crippen molar-refractivity contribution in [3.05, 3.63) is 16.1 Å². The maximum absolute atomic E-state index is 11.9. The van der Waals surface area contributed by atoms with Crippen LogP contribution in [-0.2, 0) is 11.2 Å². The number of carbonyl (C=O) groups is 1. The van der Waals surface area contributed by atoms with Gasteiger partial charge >= 0.3 is 0 Å². The van der Waals surface area contributed by atoms with Crippen LogP contribution in [0.5, 0.6) is 0 Å². The molecule has 0 aromatic carbocycles. The summed E-state index contributed by atoms with van der Waals surface area (Å²) >= 11 is 1.48. The molecule has 0 spiro atoms.